The normalized spacial score (nSPS) is 9.43. The molecule has 0 bridgehead atoms. The Balaban J connectivity index is 2.45. The number of hydrogen-bond acceptors (Lipinski definition) is 3. The molecular formula is C4H11NOS. The summed E-state index contributed by atoms with van der Waals surface area (Å²) in [6.45, 7) is 3.26. The van der Waals surface area contributed by atoms with Crippen LogP contribution in [0.5, 0.6) is 0 Å². The van der Waals surface area contributed by atoms with E-state index < -0.39 is 0 Å². The van der Waals surface area contributed by atoms with E-state index in [4.69, 9.17) is 5.11 Å². The molecule has 2 nitrogen and oxygen atoms in total. The molecule has 0 saturated carbocycles. The van der Waals surface area contributed by atoms with Gasteiger partial charge in [-0.1, -0.05) is 18.9 Å². The van der Waals surface area contributed by atoms with Gasteiger partial charge in [0.05, 0.1) is 6.61 Å². The largest absolute Gasteiger partial charge is 0.395 e. The van der Waals surface area contributed by atoms with Gasteiger partial charge in [-0.05, 0) is 0 Å². The van der Waals surface area contributed by atoms with Gasteiger partial charge in [0.1, 0.15) is 0 Å². The Bertz CT molecular complexity index is 30.9. The first-order valence-electron chi connectivity index (χ1n) is 2.37. The molecule has 2 N–H and O–H groups in total. The van der Waals surface area contributed by atoms with Crippen molar-refractivity contribution in [1.29, 1.82) is 0 Å². The monoisotopic (exact) mass is 121 g/mol. The zero-order valence-electron chi connectivity index (χ0n) is 4.48. The molecule has 0 heterocycles. The quantitative estimate of drug-likeness (QED) is 0.412. The molecule has 0 rings (SSSR count). The van der Waals surface area contributed by atoms with E-state index in [1.807, 2.05) is 6.92 Å². The summed E-state index contributed by atoms with van der Waals surface area (Å²) in [6.07, 6.45) is 0. The van der Waals surface area contributed by atoms with Crippen molar-refractivity contribution >= 4 is 11.9 Å². The van der Waals surface area contributed by atoms with Gasteiger partial charge in [-0.25, -0.2) is 0 Å². The summed E-state index contributed by atoms with van der Waals surface area (Å²) < 4.78 is 3.01. The van der Waals surface area contributed by atoms with Crippen LogP contribution in [0, 0.1) is 0 Å². The summed E-state index contributed by atoms with van der Waals surface area (Å²) in [5.41, 5.74) is 0. The van der Waals surface area contributed by atoms with Crippen LogP contribution in [0.4, 0.5) is 0 Å². The smallest absolute Gasteiger partial charge is 0.0534 e. The van der Waals surface area contributed by atoms with Crippen molar-refractivity contribution in [3.63, 3.8) is 0 Å². The average molecular weight is 121 g/mol. The van der Waals surface area contributed by atoms with Crippen molar-refractivity contribution < 1.29 is 5.11 Å². The molecule has 0 aliphatic heterocycles. The van der Waals surface area contributed by atoms with Crippen LogP contribution >= 0.6 is 11.9 Å². The summed E-state index contributed by atoms with van der Waals surface area (Å²) in [5, 5.41) is 8.23. The lowest BCUT2D eigenvalue weighted by Gasteiger charge is -1.94. The highest BCUT2D eigenvalue weighted by atomic mass is 32.2. The second-order valence-electron chi connectivity index (χ2n) is 1.07. The van der Waals surface area contributed by atoms with E-state index in [0.717, 1.165) is 12.3 Å². The van der Waals surface area contributed by atoms with E-state index in [2.05, 4.69) is 4.72 Å². The number of hydrogen-bond donors (Lipinski definition) is 2. The third-order valence-electron chi connectivity index (χ3n) is 0.440. The van der Waals surface area contributed by atoms with Crippen molar-refractivity contribution in [2.24, 2.45) is 0 Å². The fraction of sp³-hybridized carbons (Fsp3) is 1.00. The van der Waals surface area contributed by atoms with E-state index in [9.17, 15) is 0 Å². The maximum Gasteiger partial charge on any atom is 0.0534 e. The predicted molar refractivity (Wildman–Crippen MR) is 33.2 cm³/mol. The van der Waals surface area contributed by atoms with Crippen LogP contribution in [0.1, 0.15) is 6.92 Å². The minimum atomic E-state index is 0.262. The molecule has 44 valence electrons. The Kier molecular flexibility index (Phi) is 6.51. The topological polar surface area (TPSA) is 32.3 Å². The first kappa shape index (κ1) is 7.27. The molecule has 0 fully saturated rings. The highest BCUT2D eigenvalue weighted by Crippen LogP contribution is 1.87. The molecule has 0 radical (unpaired) electrons. The molecule has 7 heavy (non-hydrogen) atoms. The van der Waals surface area contributed by atoms with Crippen molar-refractivity contribution in [1.82, 2.24) is 4.72 Å². The molecule has 0 aliphatic rings. The lowest BCUT2D eigenvalue weighted by atomic mass is 10.8. The van der Waals surface area contributed by atoms with Gasteiger partial charge in [0.15, 0.2) is 0 Å². The number of rotatable bonds is 4. The highest BCUT2D eigenvalue weighted by molar-refractivity contribution is 7.97. The number of aliphatic hydroxyl groups excluding tert-OH is 1. The first-order valence-corrected chi connectivity index (χ1v) is 3.36. The highest BCUT2D eigenvalue weighted by Gasteiger charge is 1.78. The SMILES string of the molecule is CCNSCCO. The Labute approximate surface area is 48.4 Å². The van der Waals surface area contributed by atoms with Gasteiger partial charge in [-0.2, -0.15) is 0 Å². The molecule has 0 spiro atoms. The van der Waals surface area contributed by atoms with Crippen molar-refractivity contribution in [2.45, 2.75) is 6.92 Å². The zero-order valence-corrected chi connectivity index (χ0v) is 5.29. The van der Waals surface area contributed by atoms with E-state index in [1.54, 1.807) is 11.9 Å². The Morgan fingerprint density at radius 2 is 2.43 bits per heavy atom. The molecule has 0 aromatic carbocycles. The van der Waals surface area contributed by atoms with E-state index in [1.165, 1.54) is 0 Å². The minimum absolute atomic E-state index is 0.262. The predicted octanol–water partition coefficient (Wildman–Crippen LogP) is 0.236. The lowest BCUT2D eigenvalue weighted by molar-refractivity contribution is 0.322. The summed E-state index contributed by atoms with van der Waals surface area (Å²) in [5.74, 6) is 0.786. The van der Waals surface area contributed by atoms with Crippen LogP contribution < -0.4 is 4.72 Å². The molecule has 0 aromatic rings. The second-order valence-corrected chi connectivity index (χ2v) is 2.06. The van der Waals surface area contributed by atoms with E-state index in [0.29, 0.717) is 0 Å². The third-order valence-corrected chi connectivity index (χ3v) is 1.32. The molecule has 0 atom stereocenters. The molecule has 0 aliphatic carbocycles. The Hall–Kier alpha value is 0.270. The van der Waals surface area contributed by atoms with Crippen LogP contribution in [0.15, 0.2) is 0 Å². The van der Waals surface area contributed by atoms with E-state index in [-0.39, 0.29) is 6.61 Å². The molecule has 0 saturated heterocycles. The van der Waals surface area contributed by atoms with Crippen molar-refractivity contribution in [2.75, 3.05) is 18.9 Å². The van der Waals surface area contributed by atoms with Crippen molar-refractivity contribution in [3.8, 4) is 0 Å². The van der Waals surface area contributed by atoms with Gasteiger partial charge in [0.25, 0.3) is 0 Å². The van der Waals surface area contributed by atoms with Crippen LogP contribution in [0.25, 0.3) is 0 Å². The summed E-state index contributed by atoms with van der Waals surface area (Å²) in [7, 11) is 0. The second kappa shape index (κ2) is 6.27. The molecule has 0 unspecified atom stereocenters. The maximum absolute atomic E-state index is 8.23. The van der Waals surface area contributed by atoms with Crippen LogP contribution in [-0.2, 0) is 0 Å². The molecular weight excluding hydrogens is 110 g/mol. The zero-order chi connectivity index (χ0) is 5.54. The van der Waals surface area contributed by atoms with Crippen LogP contribution in [0.3, 0.4) is 0 Å². The third kappa shape index (κ3) is 6.27. The van der Waals surface area contributed by atoms with Gasteiger partial charge in [0.2, 0.25) is 0 Å². The number of nitrogens with one attached hydrogen (secondary N) is 1. The summed E-state index contributed by atoms with van der Waals surface area (Å²) in [4.78, 5) is 0. The average Bonchev–Trinajstić information content (AvgIpc) is 1.69. The van der Waals surface area contributed by atoms with Gasteiger partial charge >= 0.3 is 0 Å². The molecule has 0 aromatic heterocycles. The Morgan fingerprint density at radius 3 is 2.86 bits per heavy atom. The first-order chi connectivity index (χ1) is 3.41. The number of aliphatic hydroxyl groups is 1. The summed E-state index contributed by atoms with van der Waals surface area (Å²) in [6, 6.07) is 0. The molecule has 0 amide bonds. The van der Waals surface area contributed by atoms with Gasteiger partial charge in [-0.3, -0.25) is 4.72 Å². The van der Waals surface area contributed by atoms with Gasteiger partial charge < -0.3 is 5.11 Å². The van der Waals surface area contributed by atoms with E-state index >= 15 is 0 Å². The van der Waals surface area contributed by atoms with Crippen LogP contribution in [0.2, 0.25) is 0 Å². The Morgan fingerprint density at radius 1 is 1.71 bits per heavy atom. The fourth-order valence-electron chi connectivity index (χ4n) is 0.220. The van der Waals surface area contributed by atoms with Gasteiger partial charge in [0, 0.05) is 12.3 Å². The molecule has 3 heteroatoms. The van der Waals surface area contributed by atoms with Crippen LogP contribution in [-0.4, -0.2) is 24.0 Å². The lowest BCUT2D eigenvalue weighted by Crippen LogP contribution is -2.03. The maximum atomic E-state index is 8.23. The summed E-state index contributed by atoms with van der Waals surface area (Å²) >= 11 is 1.55. The fourth-order valence-corrected chi connectivity index (χ4v) is 0.660. The standard InChI is InChI=1S/C4H11NOS/c1-2-5-7-4-3-6/h5-6H,2-4H2,1H3. The van der Waals surface area contributed by atoms with Crippen molar-refractivity contribution in [3.05, 3.63) is 0 Å². The minimum Gasteiger partial charge on any atom is -0.395 e. The van der Waals surface area contributed by atoms with Gasteiger partial charge in [-0.15, -0.1) is 0 Å².